The molecule has 228 valence electrons. The maximum atomic E-state index is 13.0. The third-order valence-corrected chi connectivity index (χ3v) is 7.07. The number of fused-ring (bicyclic) bond motifs is 1. The molecule has 0 fully saturated rings. The van der Waals surface area contributed by atoms with E-state index in [0.29, 0.717) is 36.1 Å². The van der Waals surface area contributed by atoms with Gasteiger partial charge in [0.2, 0.25) is 11.7 Å². The van der Waals surface area contributed by atoms with Gasteiger partial charge in [0.05, 0.1) is 40.6 Å². The van der Waals surface area contributed by atoms with E-state index in [1.54, 1.807) is 31.6 Å². The number of methoxy groups -OCH3 is 3. The molecule has 10 nitrogen and oxygen atoms in total. The number of allylic oxidation sites excluding steroid dienone is 2. The minimum Gasteiger partial charge on any atom is -0.497 e. The minimum atomic E-state index is -0.607. The van der Waals surface area contributed by atoms with Crippen LogP contribution in [0.25, 0.3) is 17.2 Å². The summed E-state index contributed by atoms with van der Waals surface area (Å²) in [5.74, 6) is 2.12. The molecule has 1 unspecified atom stereocenters. The Labute approximate surface area is 252 Å². The molecule has 1 aliphatic rings. The van der Waals surface area contributed by atoms with Gasteiger partial charge in [-0.1, -0.05) is 6.07 Å². The Balaban J connectivity index is 1.65. The molecule has 0 saturated carbocycles. The van der Waals surface area contributed by atoms with Gasteiger partial charge >= 0.3 is 6.09 Å². The Morgan fingerprint density at radius 2 is 1.72 bits per heavy atom. The number of carbonyl (C=O) groups excluding carboxylic acids is 2. The Morgan fingerprint density at radius 1 is 1.00 bits per heavy atom. The van der Waals surface area contributed by atoms with Crippen molar-refractivity contribution in [3.05, 3.63) is 76.8 Å². The smallest absolute Gasteiger partial charge is 0.413 e. The molecule has 0 radical (unpaired) electrons. The number of ether oxygens (including phenoxy) is 4. The summed E-state index contributed by atoms with van der Waals surface area (Å²) < 4.78 is 27.7. The van der Waals surface area contributed by atoms with Crippen molar-refractivity contribution in [2.75, 3.05) is 42.0 Å². The molecule has 1 aliphatic carbocycles. The molecule has 43 heavy (non-hydrogen) atoms. The van der Waals surface area contributed by atoms with Crippen LogP contribution in [0.5, 0.6) is 23.0 Å². The van der Waals surface area contributed by atoms with Crippen LogP contribution in [-0.2, 0) is 11.3 Å². The zero-order valence-electron chi connectivity index (χ0n) is 25.7. The maximum absolute atomic E-state index is 13.0. The first-order valence-corrected chi connectivity index (χ1v) is 13.9. The molecule has 0 aliphatic heterocycles. The molecule has 2 aromatic carbocycles. The Kier molecular flexibility index (Phi) is 10.2. The molecule has 2 N–H and O–H groups in total. The van der Waals surface area contributed by atoms with E-state index in [9.17, 15) is 9.59 Å². The Bertz CT molecular complexity index is 1500. The molecule has 0 spiro atoms. The first-order valence-electron chi connectivity index (χ1n) is 13.9. The molecule has 1 aromatic heterocycles. The van der Waals surface area contributed by atoms with E-state index < -0.39 is 6.09 Å². The SMILES string of the molecule is COc1ccc2c(c1)C(CC(=O)NCc1ccco1)=C(C)/C2=C/c1cc(OC)c(OC(=O)NC(C)CN(C)C)c(OC)c1. The number of amides is 2. The summed E-state index contributed by atoms with van der Waals surface area (Å²) in [6.07, 6.45) is 3.16. The lowest BCUT2D eigenvalue weighted by atomic mass is 10.00. The van der Waals surface area contributed by atoms with Gasteiger partial charge in [-0.2, -0.15) is 0 Å². The fourth-order valence-corrected chi connectivity index (χ4v) is 5.10. The van der Waals surface area contributed by atoms with Crippen LogP contribution in [0.3, 0.4) is 0 Å². The topological polar surface area (TPSA) is 112 Å². The number of carbonyl (C=O) groups is 2. The van der Waals surface area contributed by atoms with Gasteiger partial charge in [0.25, 0.3) is 0 Å². The normalized spacial score (nSPS) is 14.0. The van der Waals surface area contributed by atoms with E-state index >= 15 is 0 Å². The number of hydrogen-bond donors (Lipinski definition) is 2. The highest BCUT2D eigenvalue weighted by Gasteiger charge is 2.27. The van der Waals surface area contributed by atoms with E-state index in [0.717, 1.165) is 33.4 Å². The second-order valence-corrected chi connectivity index (χ2v) is 10.6. The van der Waals surface area contributed by atoms with Crippen LogP contribution in [0.2, 0.25) is 0 Å². The van der Waals surface area contributed by atoms with Gasteiger partial charge in [0.1, 0.15) is 11.5 Å². The maximum Gasteiger partial charge on any atom is 0.413 e. The highest BCUT2D eigenvalue weighted by molar-refractivity contribution is 6.08. The zero-order chi connectivity index (χ0) is 31.1. The number of nitrogens with zero attached hydrogens (tertiary/aromatic N) is 1. The van der Waals surface area contributed by atoms with Crippen molar-refractivity contribution in [2.45, 2.75) is 32.9 Å². The summed E-state index contributed by atoms with van der Waals surface area (Å²) in [6.45, 7) is 4.86. The van der Waals surface area contributed by atoms with Crippen LogP contribution in [0.15, 0.2) is 58.7 Å². The van der Waals surface area contributed by atoms with Crippen molar-refractivity contribution in [1.29, 1.82) is 0 Å². The van der Waals surface area contributed by atoms with Gasteiger partial charge in [-0.3, -0.25) is 4.79 Å². The first-order chi connectivity index (χ1) is 20.6. The molecular weight excluding hydrogens is 550 g/mol. The van der Waals surface area contributed by atoms with E-state index in [4.69, 9.17) is 23.4 Å². The summed E-state index contributed by atoms with van der Waals surface area (Å²) in [7, 11) is 8.49. The van der Waals surface area contributed by atoms with Gasteiger partial charge in [-0.25, -0.2) is 4.79 Å². The average molecular weight is 590 g/mol. The largest absolute Gasteiger partial charge is 0.497 e. The average Bonchev–Trinajstić information content (AvgIpc) is 3.58. The van der Waals surface area contributed by atoms with Crippen LogP contribution in [0.4, 0.5) is 4.79 Å². The second kappa shape index (κ2) is 14.0. The lowest BCUT2D eigenvalue weighted by molar-refractivity contribution is -0.120. The van der Waals surface area contributed by atoms with E-state index in [1.807, 2.05) is 63.2 Å². The van der Waals surface area contributed by atoms with Gasteiger partial charge < -0.3 is 38.9 Å². The van der Waals surface area contributed by atoms with Crippen molar-refractivity contribution in [3.63, 3.8) is 0 Å². The van der Waals surface area contributed by atoms with E-state index in [-0.39, 0.29) is 24.1 Å². The molecule has 10 heteroatoms. The number of furan rings is 1. The predicted octanol–water partition coefficient (Wildman–Crippen LogP) is 5.38. The summed E-state index contributed by atoms with van der Waals surface area (Å²) in [5, 5.41) is 5.75. The summed E-state index contributed by atoms with van der Waals surface area (Å²) in [4.78, 5) is 27.6. The fourth-order valence-electron chi connectivity index (χ4n) is 5.10. The van der Waals surface area contributed by atoms with Crippen molar-refractivity contribution in [1.82, 2.24) is 15.5 Å². The standard InChI is InChI=1S/C33H39N3O7/c1-20(19-36(3)4)35-33(38)43-32-29(40-6)14-22(15-30(32)41-7)13-26-21(2)27(28-16-23(39-5)10-11-25(26)28)17-31(37)34-18-24-9-8-12-42-24/h8-16,20H,17-19H2,1-7H3,(H,34,37)(H,35,38)/b26-13-. The van der Waals surface area contributed by atoms with Crippen molar-refractivity contribution in [2.24, 2.45) is 0 Å². The van der Waals surface area contributed by atoms with Crippen LogP contribution in [-0.4, -0.2) is 64.9 Å². The number of nitrogens with one attached hydrogen (secondary N) is 2. The highest BCUT2D eigenvalue weighted by Crippen LogP contribution is 2.46. The number of likely N-dealkylation sites (N-methyl/N-ethyl adjacent to an activating group) is 1. The molecular formula is C33H39N3O7. The van der Waals surface area contributed by atoms with Gasteiger partial charge in [-0.05, 0) is 104 Å². The summed E-state index contributed by atoms with van der Waals surface area (Å²) in [5.41, 5.74) is 5.48. The molecule has 0 saturated heterocycles. The first kappa shape index (κ1) is 31.2. The third-order valence-electron chi connectivity index (χ3n) is 7.07. The van der Waals surface area contributed by atoms with Crippen molar-refractivity contribution >= 4 is 29.2 Å². The van der Waals surface area contributed by atoms with Gasteiger partial charge in [-0.15, -0.1) is 0 Å². The predicted molar refractivity (Wildman–Crippen MR) is 165 cm³/mol. The summed E-state index contributed by atoms with van der Waals surface area (Å²) in [6, 6.07) is 12.9. The fraction of sp³-hybridized carbons (Fsp3) is 0.333. The summed E-state index contributed by atoms with van der Waals surface area (Å²) >= 11 is 0. The molecule has 3 aromatic rings. The van der Waals surface area contributed by atoms with Crippen molar-refractivity contribution < 1.29 is 33.0 Å². The third kappa shape index (κ3) is 7.58. The lowest BCUT2D eigenvalue weighted by Crippen LogP contribution is -2.41. The van der Waals surface area contributed by atoms with E-state index in [1.165, 1.54) is 14.2 Å². The molecule has 1 heterocycles. The molecule has 0 bridgehead atoms. The molecule has 1 atom stereocenters. The van der Waals surface area contributed by atoms with Gasteiger partial charge in [0.15, 0.2) is 11.5 Å². The zero-order valence-corrected chi connectivity index (χ0v) is 25.7. The van der Waals surface area contributed by atoms with Crippen LogP contribution in [0.1, 0.15) is 42.7 Å². The molecule has 4 rings (SSSR count). The number of benzene rings is 2. The highest BCUT2D eigenvalue weighted by atomic mass is 16.6. The van der Waals surface area contributed by atoms with Crippen LogP contribution < -0.4 is 29.6 Å². The van der Waals surface area contributed by atoms with Gasteiger partial charge in [0, 0.05) is 12.6 Å². The Morgan fingerprint density at radius 3 is 2.33 bits per heavy atom. The van der Waals surface area contributed by atoms with Crippen LogP contribution in [0, 0.1) is 0 Å². The number of hydrogen-bond acceptors (Lipinski definition) is 8. The van der Waals surface area contributed by atoms with Crippen molar-refractivity contribution in [3.8, 4) is 23.0 Å². The Hall–Kier alpha value is -4.70. The second-order valence-electron chi connectivity index (χ2n) is 10.6. The minimum absolute atomic E-state index is 0.121. The van der Waals surface area contributed by atoms with Crippen LogP contribution >= 0.6 is 0 Å². The monoisotopic (exact) mass is 589 g/mol. The molecule has 2 amide bonds. The number of rotatable bonds is 12. The quantitative estimate of drug-likeness (QED) is 0.290. The van der Waals surface area contributed by atoms with E-state index in [2.05, 4.69) is 10.6 Å². The lowest BCUT2D eigenvalue weighted by Gasteiger charge is -2.19.